The molecule has 0 radical (unpaired) electrons. The average molecular weight is 272 g/mol. The van der Waals surface area contributed by atoms with Gasteiger partial charge in [-0.2, -0.15) is 0 Å². The Hall–Kier alpha value is 0.490. The Labute approximate surface area is 107 Å². The molecule has 3 heterocycles. The highest BCUT2D eigenvalue weighted by Crippen LogP contribution is 2.48. The number of hydrogen-bond acceptors (Lipinski definition) is 4. The van der Waals surface area contributed by atoms with Crippen LogP contribution in [0, 0.1) is 0 Å². The molecule has 0 aromatic carbocycles. The van der Waals surface area contributed by atoms with Crippen LogP contribution in [-0.4, -0.2) is 17.3 Å². The molecule has 1 aromatic rings. The van der Waals surface area contributed by atoms with Gasteiger partial charge in [0.05, 0.1) is 4.21 Å². The minimum Gasteiger partial charge on any atom is -0.137 e. The predicted octanol–water partition coefficient (Wildman–Crippen LogP) is 4.78. The summed E-state index contributed by atoms with van der Waals surface area (Å²) in [6, 6.07) is 2.31. The molecule has 0 amide bonds. The molecule has 0 bridgehead atoms. The lowest BCUT2D eigenvalue weighted by molar-refractivity contribution is 1.12. The van der Waals surface area contributed by atoms with Gasteiger partial charge in [-0.15, -0.1) is 46.6 Å². The first-order chi connectivity index (χ1) is 7.45. The van der Waals surface area contributed by atoms with Crippen LogP contribution in [0.25, 0.3) is 5.57 Å². The van der Waals surface area contributed by atoms with Crippen molar-refractivity contribution in [2.75, 3.05) is 17.3 Å². The second-order valence-corrected chi connectivity index (χ2v) is 8.29. The largest absolute Gasteiger partial charge is 0.137 e. The highest BCUT2D eigenvalue weighted by molar-refractivity contribution is 8.23. The van der Waals surface area contributed by atoms with Crippen molar-refractivity contribution in [3.05, 3.63) is 21.2 Å². The van der Waals surface area contributed by atoms with Crippen molar-refractivity contribution >= 4 is 52.2 Å². The van der Waals surface area contributed by atoms with Gasteiger partial charge in [-0.25, -0.2) is 0 Å². The Kier molecular flexibility index (Phi) is 3.39. The summed E-state index contributed by atoms with van der Waals surface area (Å²) in [7, 11) is 0. The van der Waals surface area contributed by atoms with Crippen molar-refractivity contribution in [3.8, 4) is 0 Å². The molecule has 0 N–H and O–H groups in total. The van der Waals surface area contributed by atoms with Crippen LogP contribution in [0.4, 0.5) is 0 Å². The molecule has 1 aromatic heterocycles. The normalized spacial score (nSPS) is 21.6. The summed E-state index contributed by atoms with van der Waals surface area (Å²) in [5, 5.41) is 2.24. The molecular weight excluding hydrogens is 260 g/mol. The van der Waals surface area contributed by atoms with Crippen LogP contribution in [0.1, 0.15) is 18.4 Å². The minimum absolute atomic E-state index is 1.27. The molecule has 1 fully saturated rings. The third-order valence-electron chi connectivity index (χ3n) is 2.54. The summed E-state index contributed by atoms with van der Waals surface area (Å²) >= 11 is 8.08. The molecule has 2 aliphatic rings. The van der Waals surface area contributed by atoms with E-state index in [2.05, 4.69) is 35.0 Å². The Balaban J connectivity index is 2.00. The van der Waals surface area contributed by atoms with E-state index < -0.39 is 0 Å². The quantitative estimate of drug-likeness (QED) is 0.667. The number of allylic oxidation sites excluding steroid dienone is 1. The smallest absolute Gasteiger partial charge is 0.0674 e. The van der Waals surface area contributed by atoms with E-state index in [1.165, 1.54) is 39.9 Å². The van der Waals surface area contributed by atoms with Gasteiger partial charge in [-0.1, -0.05) is 0 Å². The molecule has 80 valence electrons. The van der Waals surface area contributed by atoms with Crippen LogP contribution in [0.5, 0.6) is 0 Å². The molecule has 4 heteroatoms. The van der Waals surface area contributed by atoms with Crippen molar-refractivity contribution in [2.24, 2.45) is 0 Å². The van der Waals surface area contributed by atoms with Crippen molar-refractivity contribution in [1.82, 2.24) is 0 Å². The first kappa shape index (κ1) is 10.6. The fraction of sp³-hybridized carbons (Fsp3) is 0.455. The molecule has 1 saturated heterocycles. The Morgan fingerprint density at radius 1 is 1.00 bits per heavy atom. The first-order valence-corrected chi connectivity index (χ1v) is 8.98. The van der Waals surface area contributed by atoms with Gasteiger partial charge in [0.25, 0.3) is 0 Å². The Morgan fingerprint density at radius 2 is 1.87 bits per heavy atom. The standard InChI is InChI=1S/C11H12S4/c1-4-12-10(13-5-1)8-2-6-14-11-9(8)3-7-15-11/h3,7H,1-2,4-6H2. The van der Waals surface area contributed by atoms with Gasteiger partial charge in [-0.3, -0.25) is 0 Å². The minimum atomic E-state index is 1.27. The second-order valence-electron chi connectivity index (χ2n) is 3.54. The average Bonchev–Trinajstić information content (AvgIpc) is 2.78. The van der Waals surface area contributed by atoms with Crippen LogP contribution in [0.2, 0.25) is 0 Å². The number of fused-ring (bicyclic) bond motifs is 1. The first-order valence-electron chi connectivity index (χ1n) is 5.14. The van der Waals surface area contributed by atoms with Crippen LogP contribution in [-0.2, 0) is 0 Å². The van der Waals surface area contributed by atoms with Gasteiger partial charge in [0.15, 0.2) is 0 Å². The molecule has 0 nitrogen and oxygen atoms in total. The molecule has 15 heavy (non-hydrogen) atoms. The zero-order valence-corrected chi connectivity index (χ0v) is 11.6. The lowest BCUT2D eigenvalue weighted by Crippen LogP contribution is -2.00. The summed E-state index contributed by atoms with van der Waals surface area (Å²) < 4.78 is 3.15. The molecule has 0 aliphatic carbocycles. The third kappa shape index (κ3) is 2.14. The third-order valence-corrected chi connectivity index (χ3v) is 7.49. The van der Waals surface area contributed by atoms with E-state index in [1.807, 2.05) is 23.1 Å². The molecule has 3 rings (SSSR count). The van der Waals surface area contributed by atoms with Gasteiger partial charge in [0.1, 0.15) is 0 Å². The topological polar surface area (TPSA) is 0 Å². The summed E-state index contributed by atoms with van der Waals surface area (Å²) in [6.45, 7) is 0. The van der Waals surface area contributed by atoms with E-state index in [9.17, 15) is 0 Å². The monoisotopic (exact) mass is 272 g/mol. The van der Waals surface area contributed by atoms with E-state index in [-0.39, 0.29) is 0 Å². The van der Waals surface area contributed by atoms with Crippen molar-refractivity contribution in [1.29, 1.82) is 0 Å². The van der Waals surface area contributed by atoms with Crippen LogP contribution in [0.3, 0.4) is 0 Å². The molecular formula is C11H12S4. The summed E-state index contributed by atoms with van der Waals surface area (Å²) in [4.78, 5) is 0. The van der Waals surface area contributed by atoms with Gasteiger partial charge in [0.2, 0.25) is 0 Å². The molecule has 0 atom stereocenters. The molecule has 0 saturated carbocycles. The zero-order chi connectivity index (χ0) is 10.1. The molecule has 2 aliphatic heterocycles. The van der Waals surface area contributed by atoms with Crippen LogP contribution >= 0.6 is 46.6 Å². The SMILES string of the molecule is c1cc2c(s1)SCCC2=C1SCCCS1. The lowest BCUT2D eigenvalue weighted by Gasteiger charge is -2.21. The fourth-order valence-corrected chi connectivity index (χ4v) is 6.74. The van der Waals surface area contributed by atoms with Crippen LogP contribution < -0.4 is 0 Å². The highest BCUT2D eigenvalue weighted by atomic mass is 32.2. The van der Waals surface area contributed by atoms with Crippen molar-refractivity contribution in [3.63, 3.8) is 0 Å². The van der Waals surface area contributed by atoms with Gasteiger partial charge in [0, 0.05) is 15.6 Å². The Morgan fingerprint density at radius 3 is 2.73 bits per heavy atom. The fourth-order valence-electron chi connectivity index (χ4n) is 1.83. The molecule has 0 spiro atoms. The van der Waals surface area contributed by atoms with Gasteiger partial charge < -0.3 is 0 Å². The predicted molar refractivity (Wildman–Crippen MR) is 76.1 cm³/mol. The van der Waals surface area contributed by atoms with E-state index in [0.717, 1.165) is 0 Å². The van der Waals surface area contributed by atoms with E-state index in [1.54, 1.807) is 9.81 Å². The zero-order valence-electron chi connectivity index (χ0n) is 8.32. The second kappa shape index (κ2) is 4.78. The Bertz CT molecular complexity index is 383. The summed E-state index contributed by atoms with van der Waals surface area (Å²) in [6.07, 6.45) is 2.64. The maximum absolute atomic E-state index is 2.31. The number of thiophene rings is 1. The maximum atomic E-state index is 2.31. The van der Waals surface area contributed by atoms with Crippen molar-refractivity contribution < 1.29 is 0 Å². The number of rotatable bonds is 0. The summed E-state index contributed by atoms with van der Waals surface area (Å²) in [5.41, 5.74) is 3.17. The van der Waals surface area contributed by atoms with E-state index >= 15 is 0 Å². The highest BCUT2D eigenvalue weighted by Gasteiger charge is 2.21. The molecule has 0 unspecified atom stereocenters. The lowest BCUT2D eigenvalue weighted by atomic mass is 10.1. The van der Waals surface area contributed by atoms with E-state index in [0.29, 0.717) is 0 Å². The maximum Gasteiger partial charge on any atom is 0.0674 e. The number of hydrogen-bond donors (Lipinski definition) is 0. The van der Waals surface area contributed by atoms with E-state index in [4.69, 9.17) is 0 Å². The van der Waals surface area contributed by atoms with Gasteiger partial charge >= 0.3 is 0 Å². The summed E-state index contributed by atoms with van der Waals surface area (Å²) in [5.74, 6) is 3.91. The van der Waals surface area contributed by atoms with Gasteiger partial charge in [-0.05, 0) is 41.4 Å². The number of thioether (sulfide) groups is 3. The van der Waals surface area contributed by atoms with Crippen LogP contribution in [0.15, 0.2) is 19.9 Å². The van der Waals surface area contributed by atoms with Crippen molar-refractivity contribution in [2.45, 2.75) is 17.1 Å².